The first kappa shape index (κ1) is 20.4. The van der Waals surface area contributed by atoms with E-state index >= 15 is 0 Å². The fourth-order valence-corrected chi connectivity index (χ4v) is 3.33. The molecule has 3 rings (SSSR count). The minimum atomic E-state index is -1.52. The van der Waals surface area contributed by atoms with Crippen LogP contribution in [0.1, 0.15) is 43.0 Å². The molecule has 7 heteroatoms. The molecule has 0 atom stereocenters. The lowest BCUT2D eigenvalue weighted by molar-refractivity contribution is -0.147. The van der Waals surface area contributed by atoms with Crippen molar-refractivity contribution < 1.29 is 19.4 Å². The van der Waals surface area contributed by atoms with Gasteiger partial charge in [0.2, 0.25) is 0 Å². The monoisotopic (exact) mass is 395 g/mol. The summed E-state index contributed by atoms with van der Waals surface area (Å²) in [5.41, 5.74) is 4.02. The standard InChI is InChI=1S/C22H25N3O4/c1-4-5-6-7-18-17-12-16(8-9-19(17)25-24-18)29-20-13(2)10-15(11-14(20)3)23-21(26)22(27)28/h8-12H,4-7H2,1-3H3,(H,23,26)(H,24,25)(H,27,28). The van der Waals surface area contributed by atoms with E-state index in [-0.39, 0.29) is 0 Å². The van der Waals surface area contributed by atoms with E-state index in [0.29, 0.717) is 17.2 Å². The van der Waals surface area contributed by atoms with Gasteiger partial charge in [0.05, 0.1) is 5.52 Å². The van der Waals surface area contributed by atoms with Gasteiger partial charge >= 0.3 is 11.9 Å². The molecule has 0 saturated heterocycles. The first-order valence-corrected chi connectivity index (χ1v) is 9.69. The van der Waals surface area contributed by atoms with E-state index < -0.39 is 11.9 Å². The van der Waals surface area contributed by atoms with Gasteiger partial charge in [-0.3, -0.25) is 9.89 Å². The number of amides is 1. The predicted octanol–water partition coefficient (Wildman–Crippen LogP) is 4.73. The van der Waals surface area contributed by atoms with Crippen LogP contribution in [0.25, 0.3) is 10.9 Å². The van der Waals surface area contributed by atoms with Crippen molar-refractivity contribution >= 4 is 28.5 Å². The number of aromatic nitrogens is 2. The average molecular weight is 395 g/mol. The van der Waals surface area contributed by atoms with E-state index in [1.54, 1.807) is 12.1 Å². The van der Waals surface area contributed by atoms with Crippen LogP contribution in [-0.2, 0) is 16.0 Å². The summed E-state index contributed by atoms with van der Waals surface area (Å²) in [6, 6.07) is 9.17. The van der Waals surface area contributed by atoms with E-state index in [0.717, 1.165) is 40.6 Å². The zero-order valence-corrected chi connectivity index (χ0v) is 16.8. The van der Waals surface area contributed by atoms with Crippen LogP contribution in [0.15, 0.2) is 30.3 Å². The van der Waals surface area contributed by atoms with Gasteiger partial charge in [0.15, 0.2) is 0 Å². The number of hydrogen-bond donors (Lipinski definition) is 3. The summed E-state index contributed by atoms with van der Waals surface area (Å²) in [5, 5.41) is 19.7. The van der Waals surface area contributed by atoms with Gasteiger partial charge < -0.3 is 15.2 Å². The predicted molar refractivity (Wildman–Crippen MR) is 112 cm³/mol. The van der Waals surface area contributed by atoms with E-state index in [1.165, 1.54) is 12.8 Å². The first-order chi connectivity index (χ1) is 13.9. The summed E-state index contributed by atoms with van der Waals surface area (Å²) >= 11 is 0. The topological polar surface area (TPSA) is 104 Å². The molecule has 1 aromatic heterocycles. The lowest BCUT2D eigenvalue weighted by atomic mass is 10.1. The molecule has 0 fully saturated rings. The number of carbonyl (C=O) groups is 2. The lowest BCUT2D eigenvalue weighted by Crippen LogP contribution is -2.21. The summed E-state index contributed by atoms with van der Waals surface area (Å²) in [4.78, 5) is 22.1. The molecule has 29 heavy (non-hydrogen) atoms. The van der Waals surface area contributed by atoms with E-state index in [9.17, 15) is 9.59 Å². The van der Waals surface area contributed by atoms with Crippen molar-refractivity contribution in [3.05, 3.63) is 47.2 Å². The molecule has 1 heterocycles. The van der Waals surface area contributed by atoms with Crippen LogP contribution in [-0.4, -0.2) is 27.2 Å². The third-order valence-corrected chi connectivity index (χ3v) is 4.77. The highest BCUT2D eigenvalue weighted by Crippen LogP contribution is 2.33. The SMILES string of the molecule is CCCCCc1[nH]nc2ccc(Oc3c(C)cc(NC(=O)C(=O)O)cc3C)cc12. The third-order valence-electron chi connectivity index (χ3n) is 4.77. The Labute approximate surface area is 169 Å². The molecule has 0 aliphatic rings. The van der Waals surface area contributed by atoms with Crippen molar-refractivity contribution in [1.82, 2.24) is 10.2 Å². The largest absolute Gasteiger partial charge is 0.474 e. The van der Waals surface area contributed by atoms with Gasteiger partial charge in [0.1, 0.15) is 11.5 Å². The van der Waals surface area contributed by atoms with E-state index in [1.807, 2.05) is 32.0 Å². The Kier molecular flexibility index (Phi) is 6.16. The number of aromatic amines is 1. The Morgan fingerprint density at radius 3 is 2.52 bits per heavy atom. The number of benzene rings is 2. The van der Waals surface area contributed by atoms with Crippen molar-refractivity contribution in [1.29, 1.82) is 0 Å². The number of H-pyrrole nitrogens is 1. The molecule has 1 amide bonds. The molecule has 3 aromatic rings. The Morgan fingerprint density at radius 2 is 1.86 bits per heavy atom. The Hall–Kier alpha value is -3.35. The van der Waals surface area contributed by atoms with E-state index in [2.05, 4.69) is 22.4 Å². The number of carboxylic acids is 1. The number of rotatable bonds is 7. The van der Waals surface area contributed by atoms with Gasteiger partial charge in [-0.2, -0.15) is 5.10 Å². The minimum Gasteiger partial charge on any atom is -0.474 e. The molecule has 3 N–H and O–H groups in total. The summed E-state index contributed by atoms with van der Waals surface area (Å²) in [6.07, 6.45) is 4.41. The quantitative estimate of drug-likeness (QED) is 0.396. The number of aliphatic carboxylic acids is 1. The molecule has 0 bridgehead atoms. The third kappa shape index (κ3) is 4.74. The van der Waals surface area contributed by atoms with Gasteiger partial charge in [-0.05, 0) is 68.1 Å². The Morgan fingerprint density at radius 1 is 1.14 bits per heavy atom. The van der Waals surface area contributed by atoms with Crippen LogP contribution in [0.3, 0.4) is 0 Å². The molecule has 0 unspecified atom stereocenters. The van der Waals surface area contributed by atoms with Gasteiger partial charge in [0, 0.05) is 16.8 Å². The zero-order chi connectivity index (χ0) is 21.0. The number of carbonyl (C=O) groups excluding carboxylic acids is 1. The van der Waals surface area contributed by atoms with Gasteiger partial charge in [-0.15, -0.1) is 0 Å². The van der Waals surface area contributed by atoms with Gasteiger partial charge in [0.25, 0.3) is 0 Å². The zero-order valence-electron chi connectivity index (χ0n) is 16.8. The fraction of sp³-hybridized carbons (Fsp3) is 0.318. The maximum Gasteiger partial charge on any atom is 0.394 e. The molecule has 2 aromatic carbocycles. The van der Waals surface area contributed by atoms with Crippen molar-refractivity contribution in [2.45, 2.75) is 46.5 Å². The van der Waals surface area contributed by atoms with Crippen molar-refractivity contribution in [2.75, 3.05) is 5.32 Å². The highest BCUT2D eigenvalue weighted by molar-refractivity contribution is 6.36. The number of nitrogens with one attached hydrogen (secondary N) is 2. The van der Waals surface area contributed by atoms with Crippen molar-refractivity contribution in [2.24, 2.45) is 0 Å². The Bertz CT molecular complexity index is 1030. The molecule has 0 spiro atoms. The number of unbranched alkanes of at least 4 members (excludes halogenated alkanes) is 2. The van der Waals surface area contributed by atoms with Crippen LogP contribution >= 0.6 is 0 Å². The fourth-order valence-electron chi connectivity index (χ4n) is 3.33. The second-order valence-electron chi connectivity index (χ2n) is 7.14. The Balaban J connectivity index is 1.83. The number of nitrogens with zero attached hydrogens (tertiary/aromatic N) is 1. The smallest absolute Gasteiger partial charge is 0.394 e. The van der Waals surface area contributed by atoms with Gasteiger partial charge in [-0.1, -0.05) is 19.8 Å². The summed E-state index contributed by atoms with van der Waals surface area (Å²) in [6.45, 7) is 5.89. The van der Waals surface area contributed by atoms with Crippen LogP contribution in [0.5, 0.6) is 11.5 Å². The lowest BCUT2D eigenvalue weighted by Gasteiger charge is -2.14. The summed E-state index contributed by atoms with van der Waals surface area (Å²) in [7, 11) is 0. The van der Waals surface area contributed by atoms with Crippen LogP contribution in [0.2, 0.25) is 0 Å². The summed E-state index contributed by atoms with van der Waals surface area (Å²) < 4.78 is 6.13. The molecule has 0 radical (unpaired) electrons. The number of aryl methyl sites for hydroxylation is 3. The maximum atomic E-state index is 11.4. The average Bonchev–Trinajstić information content (AvgIpc) is 3.07. The second-order valence-corrected chi connectivity index (χ2v) is 7.14. The normalized spacial score (nSPS) is 10.9. The first-order valence-electron chi connectivity index (χ1n) is 9.69. The summed E-state index contributed by atoms with van der Waals surface area (Å²) in [5.74, 6) is -1.22. The van der Waals surface area contributed by atoms with Crippen LogP contribution in [0.4, 0.5) is 5.69 Å². The molecule has 152 valence electrons. The molecule has 7 nitrogen and oxygen atoms in total. The van der Waals surface area contributed by atoms with Crippen molar-refractivity contribution in [3.63, 3.8) is 0 Å². The number of hydrogen-bond acceptors (Lipinski definition) is 4. The minimum absolute atomic E-state index is 0.420. The highest BCUT2D eigenvalue weighted by atomic mass is 16.5. The number of carboxylic acid groups (broad SMARTS) is 1. The highest BCUT2D eigenvalue weighted by Gasteiger charge is 2.14. The molecule has 0 aliphatic carbocycles. The number of anilines is 1. The molecule has 0 saturated carbocycles. The molecular formula is C22H25N3O4. The van der Waals surface area contributed by atoms with Gasteiger partial charge in [-0.25, -0.2) is 4.79 Å². The number of ether oxygens (including phenoxy) is 1. The molecular weight excluding hydrogens is 370 g/mol. The second kappa shape index (κ2) is 8.77. The number of fused-ring (bicyclic) bond motifs is 1. The molecule has 0 aliphatic heterocycles. The van der Waals surface area contributed by atoms with E-state index in [4.69, 9.17) is 9.84 Å². The van der Waals surface area contributed by atoms with Crippen LogP contribution in [0, 0.1) is 13.8 Å². The maximum absolute atomic E-state index is 11.4. The van der Waals surface area contributed by atoms with Crippen LogP contribution < -0.4 is 10.1 Å². The van der Waals surface area contributed by atoms with Crippen molar-refractivity contribution in [3.8, 4) is 11.5 Å².